The van der Waals surface area contributed by atoms with Crippen LogP contribution < -0.4 is 16.2 Å². The summed E-state index contributed by atoms with van der Waals surface area (Å²) in [6.07, 6.45) is 0.948. The van der Waals surface area contributed by atoms with Gasteiger partial charge in [0, 0.05) is 38.4 Å². The van der Waals surface area contributed by atoms with Gasteiger partial charge in [-0.25, -0.2) is 0 Å². The van der Waals surface area contributed by atoms with E-state index < -0.39 is 0 Å². The molecule has 0 bridgehead atoms. The lowest BCUT2D eigenvalue weighted by atomic mass is 9.49. The summed E-state index contributed by atoms with van der Waals surface area (Å²) in [6, 6.07) is 60.1. The molecule has 0 radical (unpaired) electrons. The van der Waals surface area contributed by atoms with Crippen LogP contribution in [0.5, 0.6) is 0 Å². The maximum absolute atomic E-state index is 7.05. The van der Waals surface area contributed by atoms with Gasteiger partial charge in [-0.2, -0.15) is 0 Å². The number of nitrogens with one attached hydrogen (secondary N) is 1. The van der Waals surface area contributed by atoms with Crippen molar-refractivity contribution >= 4 is 84.2 Å². The van der Waals surface area contributed by atoms with Crippen molar-refractivity contribution < 1.29 is 8.83 Å². The van der Waals surface area contributed by atoms with E-state index >= 15 is 0 Å². The average Bonchev–Trinajstić information content (AvgIpc) is 3.94. The van der Waals surface area contributed by atoms with Crippen LogP contribution in [-0.2, 0) is 11.8 Å². The van der Waals surface area contributed by atoms with Gasteiger partial charge in [0.1, 0.15) is 16.7 Å². The molecule has 3 nitrogen and oxygen atoms in total. The van der Waals surface area contributed by atoms with Crippen LogP contribution in [0.3, 0.4) is 0 Å². The Balaban J connectivity index is 1.09. The number of anilines is 2. The van der Waals surface area contributed by atoms with Crippen molar-refractivity contribution in [1.29, 1.82) is 0 Å². The first kappa shape index (κ1) is 33.5. The summed E-state index contributed by atoms with van der Waals surface area (Å²) in [5.41, 5.74) is 23.1. The summed E-state index contributed by atoms with van der Waals surface area (Å²) in [7, 11) is 0.829. The number of hydrogen-bond donors (Lipinski definition) is 1. The van der Waals surface area contributed by atoms with Crippen LogP contribution in [0.4, 0.5) is 11.4 Å². The van der Waals surface area contributed by atoms with E-state index in [2.05, 4.69) is 177 Å². The first-order valence-electron chi connectivity index (χ1n) is 21.6. The van der Waals surface area contributed by atoms with E-state index in [0.717, 1.165) is 74.5 Å². The predicted octanol–water partition coefficient (Wildman–Crippen LogP) is 13.4. The molecule has 14 rings (SSSR count). The van der Waals surface area contributed by atoms with Crippen molar-refractivity contribution in [2.24, 2.45) is 0 Å². The largest absolute Gasteiger partial charge is 0.455 e. The van der Waals surface area contributed by atoms with Crippen molar-refractivity contribution in [3.63, 3.8) is 0 Å². The topological polar surface area (TPSA) is 38.3 Å². The molecule has 1 aliphatic heterocycles. The highest BCUT2D eigenvalue weighted by atomic mass is 16.3. The van der Waals surface area contributed by atoms with Crippen LogP contribution in [0, 0.1) is 0 Å². The molecule has 11 aromatic rings. The fourth-order valence-electron chi connectivity index (χ4n) is 11.8. The van der Waals surface area contributed by atoms with Crippen LogP contribution in [-0.4, -0.2) is 7.28 Å². The van der Waals surface area contributed by atoms with Crippen LogP contribution in [0.15, 0.2) is 173 Å². The highest BCUT2D eigenvalue weighted by Gasteiger charge is 2.44. The first-order chi connectivity index (χ1) is 30.0. The molecule has 0 fully saturated rings. The van der Waals surface area contributed by atoms with Gasteiger partial charge in [-0.1, -0.05) is 152 Å². The van der Waals surface area contributed by atoms with Gasteiger partial charge in [-0.15, -0.1) is 0 Å². The molecule has 3 heterocycles. The quantitative estimate of drug-likeness (QED) is 0.182. The van der Waals surface area contributed by atoms with Gasteiger partial charge in [-0.3, -0.25) is 0 Å². The SMILES string of the molecule is CC1(C)c2ccccc2-c2c1cc(-c1c(Nc3cccc4c3oc3ccccc34)ccc3c1oc1ccccc13)c1c2C2Cc3ccc4ccccc4c3-c3cccc(c32)B1. The zero-order valence-electron chi connectivity index (χ0n) is 33.9. The molecule has 0 saturated carbocycles. The number of fused-ring (bicyclic) bond motifs is 16. The molecule has 0 amide bonds. The van der Waals surface area contributed by atoms with E-state index in [-0.39, 0.29) is 11.3 Å². The molecule has 4 heteroatoms. The molecule has 2 aromatic heterocycles. The molecule has 1 N–H and O–H groups in total. The third kappa shape index (κ3) is 4.44. The Labute approximate surface area is 353 Å². The summed E-state index contributed by atoms with van der Waals surface area (Å²) < 4.78 is 13.7. The zero-order chi connectivity index (χ0) is 40.1. The molecule has 2 aliphatic carbocycles. The summed E-state index contributed by atoms with van der Waals surface area (Å²) in [5, 5.41) is 11.1. The molecule has 286 valence electrons. The fourth-order valence-corrected chi connectivity index (χ4v) is 11.8. The van der Waals surface area contributed by atoms with Gasteiger partial charge < -0.3 is 14.2 Å². The molecular weight excluding hydrogens is 741 g/mol. The lowest BCUT2D eigenvalue weighted by molar-refractivity contribution is 0.659. The maximum atomic E-state index is 7.05. The van der Waals surface area contributed by atoms with E-state index in [1.165, 1.54) is 77.3 Å². The Morgan fingerprint density at radius 1 is 0.508 bits per heavy atom. The minimum atomic E-state index is -0.215. The molecule has 9 aromatic carbocycles. The summed E-state index contributed by atoms with van der Waals surface area (Å²) in [6.45, 7) is 4.84. The van der Waals surface area contributed by atoms with E-state index in [1.54, 1.807) is 0 Å². The van der Waals surface area contributed by atoms with Crippen molar-refractivity contribution in [2.75, 3.05) is 5.32 Å². The van der Waals surface area contributed by atoms with Crippen LogP contribution in [0.1, 0.15) is 47.6 Å². The van der Waals surface area contributed by atoms with Gasteiger partial charge in [0.05, 0.1) is 11.4 Å². The molecule has 0 saturated heterocycles. The summed E-state index contributed by atoms with van der Waals surface area (Å²) in [4.78, 5) is 0. The highest BCUT2D eigenvalue weighted by Crippen LogP contribution is 2.56. The second kappa shape index (κ2) is 11.9. The molecule has 1 atom stereocenters. The van der Waals surface area contributed by atoms with Crippen LogP contribution >= 0.6 is 0 Å². The van der Waals surface area contributed by atoms with E-state index in [0.29, 0.717) is 0 Å². The highest BCUT2D eigenvalue weighted by molar-refractivity contribution is 6.71. The normalized spacial score (nSPS) is 15.4. The van der Waals surface area contributed by atoms with Gasteiger partial charge in [0.2, 0.25) is 0 Å². The Kier molecular flexibility index (Phi) is 6.55. The Bertz CT molecular complexity index is 3730. The van der Waals surface area contributed by atoms with Gasteiger partial charge >= 0.3 is 0 Å². The average molecular weight is 780 g/mol. The van der Waals surface area contributed by atoms with Crippen LogP contribution in [0.2, 0.25) is 0 Å². The summed E-state index contributed by atoms with van der Waals surface area (Å²) >= 11 is 0. The van der Waals surface area contributed by atoms with Gasteiger partial charge in [0.25, 0.3) is 0 Å². The van der Waals surface area contributed by atoms with Gasteiger partial charge in [-0.05, 0) is 109 Å². The summed E-state index contributed by atoms with van der Waals surface area (Å²) in [5.74, 6) is 0.190. The zero-order valence-corrected chi connectivity index (χ0v) is 33.9. The maximum Gasteiger partial charge on any atom is 0.193 e. The van der Waals surface area contributed by atoms with Crippen molar-refractivity contribution in [3.05, 3.63) is 192 Å². The second-order valence-electron chi connectivity index (χ2n) is 17.9. The second-order valence-corrected chi connectivity index (χ2v) is 17.9. The first-order valence-corrected chi connectivity index (χ1v) is 21.6. The van der Waals surface area contributed by atoms with E-state index in [4.69, 9.17) is 8.83 Å². The molecule has 0 spiro atoms. The monoisotopic (exact) mass is 779 g/mol. The van der Waals surface area contributed by atoms with Crippen LogP contribution in [0.25, 0.3) is 88.0 Å². The van der Waals surface area contributed by atoms with E-state index in [9.17, 15) is 0 Å². The smallest absolute Gasteiger partial charge is 0.193 e. The lowest BCUT2D eigenvalue weighted by Crippen LogP contribution is -2.43. The Morgan fingerprint density at radius 2 is 1.20 bits per heavy atom. The Morgan fingerprint density at radius 3 is 2.05 bits per heavy atom. The molecule has 3 aliphatic rings. The molecule has 1 unspecified atom stereocenters. The number of furan rings is 2. The number of hydrogen-bond acceptors (Lipinski definition) is 3. The number of para-hydroxylation sites is 3. The number of rotatable bonds is 3. The third-order valence-corrected chi connectivity index (χ3v) is 14.5. The van der Waals surface area contributed by atoms with Crippen molar-refractivity contribution in [2.45, 2.75) is 31.6 Å². The Hall–Kier alpha value is -7.30. The standard InChI is InChI=1S/C57H38BNO2/c1-57(2)42-20-8-5-17-38(42)51-43(57)30-41(54-53(51)40-29-32-26-25-31-13-3-4-14-33(31)49(32)39-19-11-21-44(58-54)50(39)40)52-45(28-27-37-35-16-7-10-24-48(35)61-56(37)52)59-46-22-12-18-36-34-15-6-9-23-47(34)60-55(36)46/h3-28,30,40,58-59H,29H2,1-2H3. The van der Waals surface area contributed by atoms with Crippen molar-refractivity contribution in [3.8, 4) is 33.4 Å². The minimum absolute atomic E-state index is 0.190. The molecular formula is C57H38BNO2. The minimum Gasteiger partial charge on any atom is -0.455 e. The molecule has 61 heavy (non-hydrogen) atoms. The third-order valence-electron chi connectivity index (χ3n) is 14.5. The van der Waals surface area contributed by atoms with Gasteiger partial charge in [0.15, 0.2) is 12.9 Å². The lowest BCUT2D eigenvalue weighted by Gasteiger charge is -2.38. The fraction of sp³-hybridized carbons (Fsp3) is 0.0877. The van der Waals surface area contributed by atoms with E-state index in [1.807, 2.05) is 6.07 Å². The number of benzene rings is 9. The predicted molar refractivity (Wildman–Crippen MR) is 255 cm³/mol. The van der Waals surface area contributed by atoms with Crippen molar-refractivity contribution in [1.82, 2.24) is 0 Å².